The predicted octanol–water partition coefficient (Wildman–Crippen LogP) is 3.82. The average Bonchev–Trinajstić information content (AvgIpc) is 2.47. The molecule has 0 bridgehead atoms. The van der Waals surface area contributed by atoms with Crippen LogP contribution in [0.15, 0.2) is 40.9 Å². The first kappa shape index (κ1) is 14.9. The van der Waals surface area contributed by atoms with E-state index in [1.807, 2.05) is 6.07 Å². The van der Waals surface area contributed by atoms with Crippen LogP contribution in [0.25, 0.3) is 0 Å². The van der Waals surface area contributed by atoms with E-state index in [1.54, 1.807) is 24.3 Å². The van der Waals surface area contributed by atoms with Crippen molar-refractivity contribution in [3.63, 3.8) is 0 Å². The molecule has 0 fully saturated rings. The fourth-order valence-corrected chi connectivity index (χ4v) is 2.15. The topological polar surface area (TPSA) is 79.5 Å². The Morgan fingerprint density at radius 1 is 1.29 bits per heavy atom. The Balaban J connectivity index is 2.48. The molecule has 0 aliphatic rings. The molecule has 0 saturated carbocycles. The molecule has 2 aromatic carbocycles. The van der Waals surface area contributed by atoms with Gasteiger partial charge in [-0.05, 0) is 46.3 Å². The van der Waals surface area contributed by atoms with Gasteiger partial charge in [-0.3, -0.25) is 0 Å². The van der Waals surface area contributed by atoms with E-state index in [9.17, 15) is 9.90 Å². The third-order valence-electron chi connectivity index (χ3n) is 2.72. The van der Waals surface area contributed by atoms with Crippen molar-refractivity contribution < 1.29 is 19.4 Å². The Bertz CT molecular complexity index is 737. The summed E-state index contributed by atoms with van der Waals surface area (Å²) in [7, 11) is 1.45. The first-order valence-corrected chi connectivity index (χ1v) is 6.64. The minimum Gasteiger partial charge on any atom is -0.497 e. The molecule has 0 saturated heterocycles. The number of aromatic carboxylic acids is 1. The van der Waals surface area contributed by atoms with Crippen molar-refractivity contribution in [1.29, 1.82) is 5.26 Å². The van der Waals surface area contributed by atoms with Crippen LogP contribution in [0.5, 0.6) is 17.2 Å². The molecular weight excluding hydrogens is 338 g/mol. The zero-order valence-corrected chi connectivity index (χ0v) is 12.5. The molecule has 0 unspecified atom stereocenters. The number of hydrogen-bond donors (Lipinski definition) is 1. The summed E-state index contributed by atoms with van der Waals surface area (Å²) in [5.41, 5.74) is 0.253. The van der Waals surface area contributed by atoms with Crippen molar-refractivity contribution in [1.82, 2.24) is 0 Å². The van der Waals surface area contributed by atoms with Crippen molar-refractivity contribution in [2.45, 2.75) is 0 Å². The molecule has 0 aliphatic carbocycles. The van der Waals surface area contributed by atoms with Gasteiger partial charge in [-0.1, -0.05) is 6.07 Å². The highest BCUT2D eigenvalue weighted by Gasteiger charge is 2.16. The van der Waals surface area contributed by atoms with Gasteiger partial charge in [0.1, 0.15) is 34.4 Å². The number of carboxylic acids is 1. The molecule has 5 nitrogen and oxygen atoms in total. The number of halogens is 1. The van der Waals surface area contributed by atoms with Crippen molar-refractivity contribution >= 4 is 21.9 Å². The fraction of sp³-hybridized carbons (Fsp3) is 0.0667. The number of rotatable bonds is 4. The van der Waals surface area contributed by atoms with Gasteiger partial charge < -0.3 is 14.6 Å². The molecule has 0 aromatic heterocycles. The summed E-state index contributed by atoms with van der Waals surface area (Å²) >= 11 is 3.25. The SMILES string of the molecule is COc1ccc(Oc2cccc(Br)c2C#N)c(C(=O)O)c1. The normalized spacial score (nSPS) is 9.76. The lowest BCUT2D eigenvalue weighted by atomic mass is 10.1. The zero-order valence-electron chi connectivity index (χ0n) is 11.0. The first-order valence-electron chi connectivity index (χ1n) is 5.84. The maximum Gasteiger partial charge on any atom is 0.339 e. The first-order chi connectivity index (χ1) is 10.1. The number of nitrogens with zero attached hydrogens (tertiary/aromatic N) is 1. The van der Waals surface area contributed by atoms with Gasteiger partial charge in [-0.15, -0.1) is 0 Å². The molecular formula is C15H10BrNO4. The van der Waals surface area contributed by atoms with Gasteiger partial charge in [0.2, 0.25) is 0 Å². The van der Waals surface area contributed by atoms with E-state index in [-0.39, 0.29) is 17.1 Å². The Labute approximate surface area is 129 Å². The maximum atomic E-state index is 11.3. The summed E-state index contributed by atoms with van der Waals surface area (Å²) in [4.78, 5) is 11.3. The molecule has 21 heavy (non-hydrogen) atoms. The van der Waals surface area contributed by atoms with Gasteiger partial charge in [-0.25, -0.2) is 4.79 Å². The molecule has 0 amide bonds. The van der Waals surface area contributed by atoms with E-state index in [2.05, 4.69) is 15.9 Å². The second-order valence-corrected chi connectivity index (χ2v) is 4.85. The summed E-state index contributed by atoms with van der Waals surface area (Å²) in [6.45, 7) is 0. The average molecular weight is 348 g/mol. The summed E-state index contributed by atoms with van der Waals surface area (Å²) in [5.74, 6) is -0.315. The Hall–Kier alpha value is -2.52. The van der Waals surface area contributed by atoms with E-state index < -0.39 is 5.97 Å². The van der Waals surface area contributed by atoms with Crippen LogP contribution in [-0.4, -0.2) is 18.2 Å². The Morgan fingerprint density at radius 2 is 2.05 bits per heavy atom. The van der Waals surface area contributed by atoms with Crippen LogP contribution in [0.2, 0.25) is 0 Å². The van der Waals surface area contributed by atoms with Gasteiger partial charge in [0.25, 0.3) is 0 Å². The molecule has 6 heteroatoms. The summed E-state index contributed by atoms with van der Waals surface area (Å²) in [6.07, 6.45) is 0. The van der Waals surface area contributed by atoms with Gasteiger partial charge in [-0.2, -0.15) is 5.26 Å². The Kier molecular flexibility index (Phi) is 4.45. The molecule has 0 heterocycles. The molecule has 0 spiro atoms. The van der Waals surface area contributed by atoms with Gasteiger partial charge in [0.15, 0.2) is 0 Å². The summed E-state index contributed by atoms with van der Waals surface area (Å²) < 4.78 is 11.2. The lowest BCUT2D eigenvalue weighted by molar-refractivity contribution is 0.0693. The molecule has 0 atom stereocenters. The smallest absolute Gasteiger partial charge is 0.339 e. The third-order valence-corrected chi connectivity index (χ3v) is 3.39. The van der Waals surface area contributed by atoms with Crippen LogP contribution >= 0.6 is 15.9 Å². The number of methoxy groups -OCH3 is 1. The predicted molar refractivity (Wildman–Crippen MR) is 78.9 cm³/mol. The standard InChI is InChI=1S/C15H10BrNO4/c1-20-9-5-6-14(10(7-9)15(18)19)21-13-4-2-3-12(16)11(13)8-17/h2-7H,1H3,(H,18,19). The van der Waals surface area contributed by atoms with Crippen LogP contribution in [0.3, 0.4) is 0 Å². The second-order valence-electron chi connectivity index (χ2n) is 3.99. The summed E-state index contributed by atoms with van der Waals surface area (Å²) in [6, 6.07) is 11.5. The highest BCUT2D eigenvalue weighted by molar-refractivity contribution is 9.10. The molecule has 106 valence electrons. The highest BCUT2D eigenvalue weighted by atomic mass is 79.9. The van der Waals surface area contributed by atoms with Crippen LogP contribution in [-0.2, 0) is 0 Å². The Morgan fingerprint density at radius 3 is 2.67 bits per heavy atom. The van der Waals surface area contributed by atoms with Crippen molar-refractivity contribution in [2.24, 2.45) is 0 Å². The number of benzene rings is 2. The van der Waals surface area contributed by atoms with E-state index >= 15 is 0 Å². The monoisotopic (exact) mass is 347 g/mol. The minimum absolute atomic E-state index is 0.0433. The molecule has 2 rings (SSSR count). The quantitative estimate of drug-likeness (QED) is 0.909. The molecule has 0 aliphatic heterocycles. The molecule has 1 N–H and O–H groups in total. The van der Waals surface area contributed by atoms with Gasteiger partial charge in [0, 0.05) is 4.47 Å². The van der Waals surface area contributed by atoms with Crippen LogP contribution in [0.1, 0.15) is 15.9 Å². The van der Waals surface area contributed by atoms with E-state index in [0.717, 1.165) is 0 Å². The van der Waals surface area contributed by atoms with Crippen LogP contribution in [0.4, 0.5) is 0 Å². The number of carboxylic acid groups (broad SMARTS) is 1. The van der Waals surface area contributed by atoms with Crippen molar-refractivity contribution in [2.75, 3.05) is 7.11 Å². The highest BCUT2D eigenvalue weighted by Crippen LogP contribution is 2.33. The van der Waals surface area contributed by atoms with Crippen molar-refractivity contribution in [3.8, 4) is 23.3 Å². The van der Waals surface area contributed by atoms with Gasteiger partial charge in [0.05, 0.1) is 7.11 Å². The zero-order chi connectivity index (χ0) is 15.4. The number of nitriles is 1. The fourth-order valence-electron chi connectivity index (χ4n) is 1.71. The van der Waals surface area contributed by atoms with Crippen LogP contribution < -0.4 is 9.47 Å². The van der Waals surface area contributed by atoms with Gasteiger partial charge >= 0.3 is 5.97 Å². The second kappa shape index (κ2) is 6.29. The summed E-state index contributed by atoms with van der Waals surface area (Å²) in [5, 5.41) is 18.4. The van der Waals surface area contributed by atoms with E-state index in [0.29, 0.717) is 15.8 Å². The maximum absolute atomic E-state index is 11.3. The lowest BCUT2D eigenvalue weighted by Crippen LogP contribution is -2.01. The number of ether oxygens (including phenoxy) is 2. The van der Waals surface area contributed by atoms with Crippen molar-refractivity contribution in [3.05, 3.63) is 52.0 Å². The third kappa shape index (κ3) is 3.15. The van der Waals surface area contributed by atoms with E-state index in [1.165, 1.54) is 19.2 Å². The largest absolute Gasteiger partial charge is 0.497 e. The van der Waals surface area contributed by atoms with E-state index in [4.69, 9.17) is 14.7 Å². The lowest BCUT2D eigenvalue weighted by Gasteiger charge is -2.11. The number of hydrogen-bond acceptors (Lipinski definition) is 4. The van der Waals surface area contributed by atoms with Crippen LogP contribution in [0, 0.1) is 11.3 Å². The number of carbonyl (C=O) groups is 1. The minimum atomic E-state index is -1.14. The molecule has 0 radical (unpaired) electrons. The molecule has 2 aromatic rings.